The quantitative estimate of drug-likeness (QED) is 0.847. The first-order chi connectivity index (χ1) is 9.72. The molecule has 1 fully saturated rings. The van der Waals surface area contributed by atoms with E-state index in [1.54, 1.807) is 0 Å². The molecule has 4 heteroatoms. The number of carbonyl (C=O) groups excluding carboxylic acids is 1. The second kappa shape index (κ2) is 5.92. The Labute approximate surface area is 123 Å². The second-order valence-corrected chi connectivity index (χ2v) is 6.68. The third kappa shape index (κ3) is 3.01. The molecule has 20 heavy (non-hydrogen) atoms. The van der Waals surface area contributed by atoms with Crippen molar-refractivity contribution in [3.63, 3.8) is 0 Å². The van der Waals surface area contributed by atoms with Gasteiger partial charge in [0.25, 0.3) is 5.91 Å². The zero-order valence-corrected chi connectivity index (χ0v) is 12.6. The maximum Gasteiger partial charge on any atom is 0.280 e. The Bertz CT molecular complexity index is 612. The van der Waals surface area contributed by atoms with Crippen molar-refractivity contribution >= 4 is 27.5 Å². The lowest BCUT2D eigenvalue weighted by Gasteiger charge is -2.14. The van der Waals surface area contributed by atoms with Gasteiger partial charge in [0.15, 0.2) is 5.01 Å². The summed E-state index contributed by atoms with van der Waals surface area (Å²) in [5.41, 5.74) is 2.13. The number of benzene rings is 1. The van der Waals surface area contributed by atoms with Crippen molar-refractivity contribution in [3.05, 3.63) is 28.8 Å². The first-order valence-electron chi connectivity index (χ1n) is 7.40. The van der Waals surface area contributed by atoms with Crippen LogP contribution in [0.3, 0.4) is 0 Å². The van der Waals surface area contributed by atoms with E-state index in [1.165, 1.54) is 42.6 Å². The molecule has 3 rings (SSSR count). The number of hydrogen-bond acceptors (Lipinski definition) is 3. The maximum atomic E-state index is 12.3. The van der Waals surface area contributed by atoms with E-state index in [2.05, 4.69) is 23.3 Å². The maximum absolute atomic E-state index is 12.3. The molecule has 3 nitrogen and oxygen atoms in total. The Kier molecular flexibility index (Phi) is 4.01. The topological polar surface area (TPSA) is 42.0 Å². The van der Waals surface area contributed by atoms with E-state index in [0.717, 1.165) is 23.1 Å². The fourth-order valence-corrected chi connectivity index (χ4v) is 3.77. The third-order valence-electron chi connectivity index (χ3n) is 3.93. The predicted octanol–water partition coefficient (Wildman–Crippen LogP) is 4.06. The SMILES string of the molecule is Cc1ccc2nc(C(=O)NC3CCCCCC3)sc2c1. The van der Waals surface area contributed by atoms with Gasteiger partial charge in [-0.3, -0.25) is 4.79 Å². The monoisotopic (exact) mass is 288 g/mol. The molecule has 1 aliphatic rings. The molecule has 0 spiro atoms. The van der Waals surface area contributed by atoms with Crippen molar-refractivity contribution in [2.24, 2.45) is 0 Å². The summed E-state index contributed by atoms with van der Waals surface area (Å²) < 4.78 is 1.09. The first kappa shape index (κ1) is 13.6. The van der Waals surface area contributed by atoms with Crippen molar-refractivity contribution < 1.29 is 4.79 Å². The zero-order chi connectivity index (χ0) is 13.9. The van der Waals surface area contributed by atoms with Crippen LogP contribution in [-0.2, 0) is 0 Å². The molecule has 1 saturated carbocycles. The first-order valence-corrected chi connectivity index (χ1v) is 8.22. The Morgan fingerprint density at radius 1 is 1.25 bits per heavy atom. The van der Waals surface area contributed by atoms with Gasteiger partial charge < -0.3 is 5.32 Å². The van der Waals surface area contributed by atoms with Crippen LogP contribution in [0.4, 0.5) is 0 Å². The Morgan fingerprint density at radius 3 is 2.75 bits per heavy atom. The van der Waals surface area contributed by atoms with E-state index < -0.39 is 0 Å². The molecule has 1 aromatic heterocycles. The molecule has 0 aliphatic heterocycles. The van der Waals surface area contributed by atoms with Crippen LogP contribution in [0.2, 0.25) is 0 Å². The largest absolute Gasteiger partial charge is 0.347 e. The summed E-state index contributed by atoms with van der Waals surface area (Å²) in [5.74, 6) is -0.00393. The van der Waals surface area contributed by atoms with E-state index in [0.29, 0.717) is 11.0 Å². The molecule has 0 saturated heterocycles. The number of amides is 1. The number of aryl methyl sites for hydroxylation is 1. The van der Waals surface area contributed by atoms with Crippen molar-refractivity contribution in [2.75, 3.05) is 0 Å². The molecule has 1 aromatic carbocycles. The summed E-state index contributed by atoms with van der Waals surface area (Å²) in [7, 11) is 0. The van der Waals surface area contributed by atoms with Crippen LogP contribution in [-0.4, -0.2) is 16.9 Å². The highest BCUT2D eigenvalue weighted by atomic mass is 32.1. The lowest BCUT2D eigenvalue weighted by molar-refractivity contribution is 0.0933. The number of nitrogens with one attached hydrogen (secondary N) is 1. The standard InChI is InChI=1S/C16H20N2OS/c1-11-8-9-13-14(10-11)20-16(18-13)15(19)17-12-6-4-2-3-5-7-12/h8-10,12H,2-7H2,1H3,(H,17,19). The molecule has 0 atom stereocenters. The van der Waals surface area contributed by atoms with Gasteiger partial charge in [-0.15, -0.1) is 11.3 Å². The van der Waals surface area contributed by atoms with E-state index in [-0.39, 0.29) is 5.91 Å². The fraction of sp³-hybridized carbons (Fsp3) is 0.500. The van der Waals surface area contributed by atoms with Gasteiger partial charge in [0.1, 0.15) is 0 Å². The van der Waals surface area contributed by atoms with Gasteiger partial charge in [-0.25, -0.2) is 4.98 Å². The van der Waals surface area contributed by atoms with E-state index >= 15 is 0 Å². The Hall–Kier alpha value is -1.42. The number of nitrogens with zero attached hydrogens (tertiary/aromatic N) is 1. The Balaban J connectivity index is 1.74. The summed E-state index contributed by atoms with van der Waals surface area (Å²) in [6, 6.07) is 6.45. The molecule has 1 N–H and O–H groups in total. The van der Waals surface area contributed by atoms with Crippen LogP contribution in [0.1, 0.15) is 53.9 Å². The molecule has 0 radical (unpaired) electrons. The molecule has 0 bridgehead atoms. The minimum atomic E-state index is -0.00393. The molecule has 0 unspecified atom stereocenters. The van der Waals surface area contributed by atoms with Crippen LogP contribution in [0.25, 0.3) is 10.2 Å². The van der Waals surface area contributed by atoms with Crippen LogP contribution < -0.4 is 5.32 Å². The minimum Gasteiger partial charge on any atom is -0.347 e. The normalized spacial score (nSPS) is 17.1. The van der Waals surface area contributed by atoms with Crippen molar-refractivity contribution in [2.45, 2.75) is 51.5 Å². The number of carbonyl (C=O) groups is 1. The van der Waals surface area contributed by atoms with Gasteiger partial charge in [0, 0.05) is 6.04 Å². The number of fused-ring (bicyclic) bond motifs is 1. The highest BCUT2D eigenvalue weighted by Crippen LogP contribution is 2.24. The van der Waals surface area contributed by atoms with Gasteiger partial charge in [-0.2, -0.15) is 0 Å². The number of rotatable bonds is 2. The molecule has 1 amide bonds. The highest BCUT2D eigenvalue weighted by molar-refractivity contribution is 7.20. The van der Waals surface area contributed by atoms with Crippen LogP contribution in [0.15, 0.2) is 18.2 Å². The van der Waals surface area contributed by atoms with Gasteiger partial charge in [-0.05, 0) is 37.5 Å². The average molecular weight is 288 g/mol. The van der Waals surface area contributed by atoms with E-state index in [4.69, 9.17) is 0 Å². The lowest BCUT2D eigenvalue weighted by Crippen LogP contribution is -2.34. The fourth-order valence-electron chi connectivity index (χ4n) is 2.80. The summed E-state index contributed by atoms with van der Waals surface area (Å²) in [6.45, 7) is 2.06. The van der Waals surface area contributed by atoms with E-state index in [1.807, 2.05) is 12.1 Å². The summed E-state index contributed by atoms with van der Waals surface area (Å²) in [6.07, 6.45) is 7.26. The van der Waals surface area contributed by atoms with Gasteiger partial charge in [-0.1, -0.05) is 31.7 Å². The number of aromatic nitrogens is 1. The minimum absolute atomic E-state index is 0.00393. The van der Waals surface area contributed by atoms with Crippen LogP contribution in [0, 0.1) is 6.92 Å². The average Bonchev–Trinajstić information content (AvgIpc) is 2.68. The van der Waals surface area contributed by atoms with Gasteiger partial charge >= 0.3 is 0 Å². The smallest absolute Gasteiger partial charge is 0.280 e. The van der Waals surface area contributed by atoms with Crippen LogP contribution >= 0.6 is 11.3 Å². The second-order valence-electron chi connectivity index (χ2n) is 5.65. The predicted molar refractivity (Wildman–Crippen MR) is 83.3 cm³/mol. The summed E-state index contributed by atoms with van der Waals surface area (Å²) in [5, 5.41) is 3.75. The molecule has 1 heterocycles. The Morgan fingerprint density at radius 2 is 2.00 bits per heavy atom. The number of thiazole rings is 1. The summed E-state index contributed by atoms with van der Waals surface area (Å²) in [4.78, 5) is 16.8. The van der Waals surface area contributed by atoms with Crippen molar-refractivity contribution in [1.29, 1.82) is 0 Å². The molecular weight excluding hydrogens is 268 g/mol. The molecule has 2 aromatic rings. The molecule has 1 aliphatic carbocycles. The van der Waals surface area contributed by atoms with Crippen molar-refractivity contribution in [1.82, 2.24) is 10.3 Å². The lowest BCUT2D eigenvalue weighted by atomic mass is 10.1. The third-order valence-corrected chi connectivity index (χ3v) is 4.95. The highest BCUT2D eigenvalue weighted by Gasteiger charge is 2.18. The van der Waals surface area contributed by atoms with Crippen LogP contribution in [0.5, 0.6) is 0 Å². The van der Waals surface area contributed by atoms with E-state index in [9.17, 15) is 4.79 Å². The molecule has 106 valence electrons. The number of hydrogen-bond donors (Lipinski definition) is 1. The molecular formula is C16H20N2OS. The summed E-state index contributed by atoms with van der Waals surface area (Å²) >= 11 is 1.49. The van der Waals surface area contributed by atoms with Crippen molar-refractivity contribution in [3.8, 4) is 0 Å². The van der Waals surface area contributed by atoms with Gasteiger partial charge in [0.2, 0.25) is 0 Å². The van der Waals surface area contributed by atoms with Gasteiger partial charge in [0.05, 0.1) is 10.2 Å². The zero-order valence-electron chi connectivity index (χ0n) is 11.8.